The van der Waals surface area contributed by atoms with Crippen LogP contribution in [0.5, 0.6) is 0 Å². The van der Waals surface area contributed by atoms with Gasteiger partial charge in [0.25, 0.3) is 0 Å². The summed E-state index contributed by atoms with van der Waals surface area (Å²) in [6, 6.07) is 70.0. The summed E-state index contributed by atoms with van der Waals surface area (Å²) in [5, 5.41) is 2.08. The number of para-hydroxylation sites is 2. The van der Waals surface area contributed by atoms with Crippen LogP contribution in [0.3, 0.4) is 0 Å². The maximum absolute atomic E-state index is 6.14. The average molecular weight is 1080 g/mol. The molecule has 1 fully saturated rings. The molecule has 10 aromatic rings. The zero-order valence-electron chi connectivity index (χ0n) is 37.9. The van der Waals surface area contributed by atoms with E-state index in [4.69, 9.17) is 29.2 Å². The molecule has 0 spiro atoms. The third kappa shape index (κ3) is 10.8. The van der Waals surface area contributed by atoms with E-state index in [0.29, 0.717) is 5.72 Å². The fraction of sp³-hybridized carbons (Fsp3) is 0.103. The minimum atomic E-state index is -0.572. The van der Waals surface area contributed by atoms with Gasteiger partial charge >= 0.3 is 7.12 Å². The van der Waals surface area contributed by atoms with E-state index in [1.807, 2.05) is 143 Å². The van der Waals surface area contributed by atoms with Crippen LogP contribution in [0.2, 0.25) is 0 Å². The largest absolute Gasteiger partial charge is 0.534 e. The van der Waals surface area contributed by atoms with Gasteiger partial charge < -0.3 is 9.31 Å². The number of benzene rings is 8. The summed E-state index contributed by atoms with van der Waals surface area (Å²) < 4.78 is 15.6. The van der Waals surface area contributed by atoms with Crippen LogP contribution in [0.1, 0.15) is 27.7 Å². The Morgan fingerprint density at radius 2 is 0.721 bits per heavy atom. The van der Waals surface area contributed by atoms with E-state index in [-0.39, 0.29) is 0 Å². The highest BCUT2D eigenvalue weighted by Crippen LogP contribution is 2.37. The highest BCUT2D eigenvalue weighted by atomic mass is 79.9. The number of halogens is 3. The first-order valence-corrected chi connectivity index (χ1v) is 24.7. The Morgan fingerprint density at radius 1 is 0.353 bits per heavy atom. The molecule has 3 heterocycles. The first kappa shape index (κ1) is 47.0. The van der Waals surface area contributed by atoms with E-state index < -0.39 is 18.3 Å². The standard InChI is InChI=1S/C26H17BrN2.C20H21BN2O2.C12H8Br2/c27-22-13-7-11-20(17-22)19-10-6-12-21(16-19)26-28-24-15-5-4-14-23(24)25(29-26)18-8-2-1-3-9-18;1-19(2)20(3,4)25-21(24-19)18-22-16-13-9-8-12-15(16)17(23-18)14-10-6-5-7-11-14;13-11-5-1-3-9(7-11)10-4-2-6-12(14)8-10/h1-17H;5-13H,1-4H3;1-8H. The van der Waals surface area contributed by atoms with Gasteiger partial charge in [-0.3, -0.25) is 0 Å². The van der Waals surface area contributed by atoms with Crippen molar-refractivity contribution in [2.45, 2.75) is 38.9 Å². The number of hydrogen-bond acceptors (Lipinski definition) is 6. The van der Waals surface area contributed by atoms with Gasteiger partial charge in [0, 0.05) is 40.9 Å². The first-order valence-electron chi connectivity index (χ1n) is 22.3. The lowest BCUT2D eigenvalue weighted by Crippen LogP contribution is -2.41. The van der Waals surface area contributed by atoms with Crippen molar-refractivity contribution in [2.24, 2.45) is 0 Å². The van der Waals surface area contributed by atoms with Gasteiger partial charge in [-0.25, -0.2) is 19.9 Å². The summed E-state index contributed by atoms with van der Waals surface area (Å²) in [6.07, 6.45) is 0. The molecule has 0 amide bonds. The van der Waals surface area contributed by atoms with Crippen molar-refractivity contribution < 1.29 is 9.31 Å². The molecule has 0 atom stereocenters. The van der Waals surface area contributed by atoms with Gasteiger partial charge in [-0.05, 0) is 105 Å². The van der Waals surface area contributed by atoms with Gasteiger partial charge in [0.2, 0.25) is 0 Å². The minimum absolute atomic E-state index is 0.417. The highest BCUT2D eigenvalue weighted by Gasteiger charge is 2.53. The molecule has 1 aliphatic heterocycles. The third-order valence-corrected chi connectivity index (χ3v) is 13.5. The summed E-state index contributed by atoms with van der Waals surface area (Å²) in [6.45, 7) is 8.14. The van der Waals surface area contributed by atoms with Gasteiger partial charge in [-0.15, -0.1) is 0 Å². The molecule has 0 saturated carbocycles. The van der Waals surface area contributed by atoms with Gasteiger partial charge in [-0.1, -0.05) is 199 Å². The molecule has 8 aromatic carbocycles. The van der Waals surface area contributed by atoms with Gasteiger partial charge in [0.05, 0.1) is 33.6 Å². The molecule has 1 aliphatic rings. The lowest BCUT2D eigenvalue weighted by Gasteiger charge is -2.32. The van der Waals surface area contributed by atoms with Crippen molar-refractivity contribution in [3.05, 3.63) is 220 Å². The molecular weight excluding hydrogens is 1040 g/mol. The second kappa shape index (κ2) is 20.6. The quantitative estimate of drug-likeness (QED) is 0.155. The number of fused-ring (bicyclic) bond motifs is 2. The summed E-state index contributed by atoms with van der Waals surface area (Å²) >= 11 is 10.5. The van der Waals surface area contributed by atoms with Crippen LogP contribution in [0.25, 0.3) is 78.0 Å². The van der Waals surface area contributed by atoms with Crippen molar-refractivity contribution in [3.63, 3.8) is 0 Å². The molecule has 6 nitrogen and oxygen atoms in total. The monoisotopic (exact) mass is 1080 g/mol. The molecule has 0 N–H and O–H groups in total. The lowest BCUT2D eigenvalue weighted by molar-refractivity contribution is 0.00578. The molecular formula is C58H46BBr3N4O2. The van der Waals surface area contributed by atoms with Crippen LogP contribution >= 0.6 is 47.8 Å². The molecule has 0 bridgehead atoms. The van der Waals surface area contributed by atoms with Crippen molar-refractivity contribution in [2.75, 3.05) is 0 Å². The summed E-state index contributed by atoms with van der Waals surface area (Å²) in [5.74, 6) is 0.736. The molecule has 0 aliphatic carbocycles. The normalized spacial score (nSPS) is 13.6. The van der Waals surface area contributed by atoms with Crippen molar-refractivity contribution in [1.29, 1.82) is 0 Å². The van der Waals surface area contributed by atoms with Crippen LogP contribution in [0.4, 0.5) is 0 Å². The van der Waals surface area contributed by atoms with Crippen LogP contribution in [-0.4, -0.2) is 38.3 Å². The van der Waals surface area contributed by atoms with E-state index in [0.717, 1.165) is 80.3 Å². The molecule has 68 heavy (non-hydrogen) atoms. The molecule has 1 saturated heterocycles. The highest BCUT2D eigenvalue weighted by molar-refractivity contribution is 9.11. The van der Waals surface area contributed by atoms with E-state index >= 15 is 0 Å². The number of nitrogens with zero attached hydrogens (tertiary/aromatic N) is 4. The number of rotatable bonds is 6. The van der Waals surface area contributed by atoms with Gasteiger partial charge in [0.15, 0.2) is 11.5 Å². The summed E-state index contributed by atoms with van der Waals surface area (Å²) in [7, 11) is -0.572. The van der Waals surface area contributed by atoms with E-state index in [9.17, 15) is 0 Å². The molecule has 11 rings (SSSR count). The van der Waals surface area contributed by atoms with E-state index in [1.54, 1.807) is 0 Å². The predicted octanol–water partition coefficient (Wildman–Crippen LogP) is 15.9. The average Bonchev–Trinajstić information content (AvgIpc) is 3.59. The fourth-order valence-corrected chi connectivity index (χ4v) is 9.03. The summed E-state index contributed by atoms with van der Waals surface area (Å²) in [5.41, 5.74) is 11.3. The Bertz CT molecular complexity index is 3310. The van der Waals surface area contributed by atoms with Crippen LogP contribution in [0, 0.1) is 0 Å². The second-order valence-electron chi connectivity index (χ2n) is 17.3. The zero-order chi connectivity index (χ0) is 47.3. The molecule has 10 heteroatoms. The van der Waals surface area contributed by atoms with Crippen LogP contribution < -0.4 is 5.72 Å². The topological polar surface area (TPSA) is 70.0 Å². The Morgan fingerprint density at radius 3 is 1.19 bits per heavy atom. The number of hydrogen-bond donors (Lipinski definition) is 0. The van der Waals surface area contributed by atoms with Crippen molar-refractivity contribution in [3.8, 4) is 56.2 Å². The van der Waals surface area contributed by atoms with E-state index in [1.165, 1.54) is 11.1 Å². The Kier molecular flexibility index (Phi) is 14.2. The lowest BCUT2D eigenvalue weighted by atomic mass is 9.88. The summed E-state index contributed by atoms with van der Waals surface area (Å²) in [4.78, 5) is 19.4. The SMILES string of the molecule is Brc1cccc(-c2cccc(-c3nc(-c4ccccc4)c4ccccc4n3)c2)c1.Brc1cccc(-c2cccc(Br)c2)c1.CC1(C)OB(c2nc(-c3ccccc3)c3ccccc3n2)OC1(C)C. The molecule has 0 radical (unpaired) electrons. The van der Waals surface area contributed by atoms with Crippen LogP contribution in [-0.2, 0) is 9.31 Å². The molecule has 2 aromatic heterocycles. The Hall–Kier alpha value is -6.14. The van der Waals surface area contributed by atoms with Gasteiger partial charge in [-0.2, -0.15) is 0 Å². The Balaban J connectivity index is 0.000000135. The zero-order valence-corrected chi connectivity index (χ0v) is 42.7. The minimum Gasteiger partial charge on any atom is -0.397 e. The predicted molar refractivity (Wildman–Crippen MR) is 292 cm³/mol. The van der Waals surface area contributed by atoms with Crippen LogP contribution in [0.15, 0.2) is 220 Å². The maximum Gasteiger partial charge on any atom is 0.534 e. The number of aromatic nitrogens is 4. The van der Waals surface area contributed by atoms with E-state index in [2.05, 4.69) is 139 Å². The van der Waals surface area contributed by atoms with Gasteiger partial charge in [0.1, 0.15) is 0 Å². The Labute approximate surface area is 423 Å². The second-order valence-corrected chi connectivity index (χ2v) is 20.0. The fourth-order valence-electron chi connectivity index (χ4n) is 7.83. The first-order chi connectivity index (χ1) is 32.9. The maximum atomic E-state index is 6.14. The van der Waals surface area contributed by atoms with Crippen molar-refractivity contribution >= 4 is 82.4 Å². The smallest absolute Gasteiger partial charge is 0.397 e. The third-order valence-electron chi connectivity index (χ3n) is 12.0. The molecule has 0 unspecified atom stereocenters. The van der Waals surface area contributed by atoms with Crippen molar-refractivity contribution in [1.82, 2.24) is 19.9 Å². The molecule has 334 valence electrons.